The molecule has 1 N–H and O–H groups in total. The number of anilines is 2. The van der Waals surface area contributed by atoms with Gasteiger partial charge in [0.2, 0.25) is 5.96 Å². The summed E-state index contributed by atoms with van der Waals surface area (Å²) in [5.41, 5.74) is 4.03. The molecule has 0 aliphatic carbocycles. The molecule has 0 radical (unpaired) electrons. The summed E-state index contributed by atoms with van der Waals surface area (Å²) in [5, 5.41) is 3.27. The number of amides is 1. The van der Waals surface area contributed by atoms with E-state index in [0.29, 0.717) is 12.6 Å². The van der Waals surface area contributed by atoms with Crippen LogP contribution in [0.4, 0.5) is 11.4 Å². The summed E-state index contributed by atoms with van der Waals surface area (Å²) in [4.78, 5) is 18.2. The van der Waals surface area contributed by atoms with E-state index >= 15 is 0 Å². The second kappa shape index (κ2) is 6.74. The molecule has 5 heteroatoms. The first kappa shape index (κ1) is 16.1. The fourth-order valence-corrected chi connectivity index (χ4v) is 2.80. The van der Waals surface area contributed by atoms with E-state index < -0.39 is 0 Å². The molecule has 0 atom stereocenters. The van der Waals surface area contributed by atoms with Crippen LogP contribution in [0.2, 0.25) is 0 Å². The van der Waals surface area contributed by atoms with Gasteiger partial charge in [-0.1, -0.05) is 6.07 Å². The molecule has 24 heavy (non-hydrogen) atoms. The molecule has 124 valence electrons. The van der Waals surface area contributed by atoms with Crippen LogP contribution in [0.5, 0.6) is 5.75 Å². The highest BCUT2D eigenvalue weighted by atomic mass is 16.5. The molecule has 1 heterocycles. The Morgan fingerprint density at radius 1 is 1.12 bits per heavy atom. The molecule has 2 aromatic carbocycles. The van der Waals surface area contributed by atoms with Gasteiger partial charge in [-0.25, -0.2) is 9.89 Å². The van der Waals surface area contributed by atoms with E-state index in [9.17, 15) is 4.79 Å². The van der Waals surface area contributed by atoms with Gasteiger partial charge in [0.1, 0.15) is 12.3 Å². The molecule has 1 amide bonds. The number of guanidine groups is 1. The maximum atomic E-state index is 12.3. The van der Waals surface area contributed by atoms with Crippen LogP contribution in [0.25, 0.3) is 0 Å². The van der Waals surface area contributed by atoms with E-state index in [2.05, 4.69) is 16.4 Å². The van der Waals surface area contributed by atoms with Crippen LogP contribution in [0, 0.1) is 13.8 Å². The minimum atomic E-state index is -0.0500. The van der Waals surface area contributed by atoms with E-state index in [1.165, 1.54) is 0 Å². The Bertz CT molecular complexity index is 761. The average Bonchev–Trinajstić information content (AvgIpc) is 2.88. The van der Waals surface area contributed by atoms with Crippen molar-refractivity contribution in [3.05, 3.63) is 53.6 Å². The molecule has 2 aromatic rings. The lowest BCUT2D eigenvalue weighted by molar-refractivity contribution is -0.115. The summed E-state index contributed by atoms with van der Waals surface area (Å²) in [5.74, 6) is 1.29. The second-order valence-corrected chi connectivity index (χ2v) is 5.80. The summed E-state index contributed by atoms with van der Waals surface area (Å²) in [6.45, 7) is 6.80. The van der Waals surface area contributed by atoms with Crippen molar-refractivity contribution in [1.29, 1.82) is 0 Å². The van der Waals surface area contributed by atoms with E-state index in [-0.39, 0.29) is 12.5 Å². The third kappa shape index (κ3) is 3.40. The van der Waals surface area contributed by atoms with Crippen molar-refractivity contribution in [1.82, 2.24) is 0 Å². The van der Waals surface area contributed by atoms with Crippen molar-refractivity contribution >= 4 is 23.2 Å². The van der Waals surface area contributed by atoms with E-state index in [0.717, 1.165) is 28.3 Å². The van der Waals surface area contributed by atoms with Crippen LogP contribution >= 0.6 is 0 Å². The maximum absolute atomic E-state index is 12.3. The number of aliphatic imine (C=N–C) groups is 1. The molecule has 1 aliphatic rings. The standard InChI is InChI=1S/C19H21N3O2/c1-4-24-17-7-5-16(6-8-17)22-18(23)12-20-19(22)21-15-10-13(2)9-14(3)11-15/h5-11H,4,12H2,1-3H3,(H,20,21). The van der Waals surface area contributed by atoms with Crippen molar-refractivity contribution in [2.24, 2.45) is 4.99 Å². The van der Waals surface area contributed by atoms with Crippen LogP contribution in [0.15, 0.2) is 47.5 Å². The summed E-state index contributed by atoms with van der Waals surface area (Å²) in [7, 11) is 0. The lowest BCUT2D eigenvalue weighted by Gasteiger charge is -2.20. The first-order chi connectivity index (χ1) is 11.6. The lowest BCUT2D eigenvalue weighted by atomic mass is 10.1. The Morgan fingerprint density at radius 2 is 1.79 bits per heavy atom. The van der Waals surface area contributed by atoms with Gasteiger partial charge in [-0.2, -0.15) is 0 Å². The largest absolute Gasteiger partial charge is 0.494 e. The Kier molecular flexibility index (Phi) is 4.51. The monoisotopic (exact) mass is 323 g/mol. The lowest BCUT2D eigenvalue weighted by Crippen LogP contribution is -2.36. The van der Waals surface area contributed by atoms with Gasteiger partial charge in [-0.3, -0.25) is 4.79 Å². The minimum absolute atomic E-state index is 0.0500. The highest BCUT2D eigenvalue weighted by molar-refractivity contribution is 6.24. The fraction of sp³-hybridized carbons (Fsp3) is 0.263. The van der Waals surface area contributed by atoms with Crippen LogP contribution in [0.1, 0.15) is 18.1 Å². The Balaban J connectivity index is 1.83. The molecule has 0 bridgehead atoms. The van der Waals surface area contributed by atoms with Crippen molar-refractivity contribution in [2.45, 2.75) is 20.8 Å². The van der Waals surface area contributed by atoms with Gasteiger partial charge < -0.3 is 10.1 Å². The smallest absolute Gasteiger partial charge is 0.255 e. The van der Waals surface area contributed by atoms with E-state index in [1.807, 2.05) is 57.2 Å². The highest BCUT2D eigenvalue weighted by Crippen LogP contribution is 2.23. The van der Waals surface area contributed by atoms with Crippen LogP contribution < -0.4 is 15.0 Å². The topological polar surface area (TPSA) is 53.9 Å². The number of nitrogens with one attached hydrogen (secondary N) is 1. The molecular formula is C19H21N3O2. The van der Waals surface area contributed by atoms with Crippen LogP contribution in [-0.2, 0) is 4.79 Å². The normalized spacial score (nSPS) is 13.9. The number of hydrogen-bond acceptors (Lipinski definition) is 4. The van der Waals surface area contributed by atoms with E-state index in [1.54, 1.807) is 4.90 Å². The highest BCUT2D eigenvalue weighted by Gasteiger charge is 2.27. The molecule has 0 saturated carbocycles. The summed E-state index contributed by atoms with van der Waals surface area (Å²) < 4.78 is 5.45. The maximum Gasteiger partial charge on any atom is 0.255 e. The summed E-state index contributed by atoms with van der Waals surface area (Å²) in [6, 6.07) is 13.6. The molecule has 3 rings (SSSR count). The molecule has 5 nitrogen and oxygen atoms in total. The predicted molar refractivity (Wildman–Crippen MR) is 96.9 cm³/mol. The third-order valence-electron chi connectivity index (χ3n) is 3.71. The number of carbonyl (C=O) groups excluding carboxylic acids is 1. The number of ether oxygens (including phenoxy) is 1. The quantitative estimate of drug-likeness (QED) is 0.936. The first-order valence-electron chi connectivity index (χ1n) is 8.02. The van der Waals surface area contributed by atoms with Gasteiger partial charge in [0.25, 0.3) is 5.91 Å². The molecule has 0 spiro atoms. The number of hydrogen-bond donors (Lipinski definition) is 1. The second-order valence-electron chi connectivity index (χ2n) is 5.80. The zero-order valence-electron chi connectivity index (χ0n) is 14.2. The molecule has 0 fully saturated rings. The number of carbonyl (C=O) groups is 1. The molecular weight excluding hydrogens is 302 g/mol. The summed E-state index contributed by atoms with van der Waals surface area (Å²) in [6.07, 6.45) is 0. The van der Waals surface area contributed by atoms with Gasteiger partial charge >= 0.3 is 0 Å². The van der Waals surface area contributed by atoms with Gasteiger partial charge in [0.05, 0.1) is 12.3 Å². The van der Waals surface area contributed by atoms with Crippen molar-refractivity contribution in [3.8, 4) is 5.75 Å². The van der Waals surface area contributed by atoms with Gasteiger partial charge in [0, 0.05) is 5.69 Å². The van der Waals surface area contributed by atoms with Crippen molar-refractivity contribution in [3.63, 3.8) is 0 Å². The van der Waals surface area contributed by atoms with Crippen molar-refractivity contribution < 1.29 is 9.53 Å². The minimum Gasteiger partial charge on any atom is -0.494 e. The SMILES string of the molecule is CCOc1ccc(N2C(=O)CN=C2Nc2cc(C)cc(C)c2)cc1. The van der Waals surface area contributed by atoms with Crippen LogP contribution in [-0.4, -0.2) is 25.0 Å². The first-order valence-corrected chi connectivity index (χ1v) is 8.02. The number of nitrogens with zero attached hydrogens (tertiary/aromatic N) is 2. The Labute approximate surface area is 142 Å². The van der Waals surface area contributed by atoms with Crippen molar-refractivity contribution in [2.75, 3.05) is 23.4 Å². The zero-order valence-corrected chi connectivity index (χ0v) is 14.2. The molecule has 1 aliphatic heterocycles. The third-order valence-corrected chi connectivity index (χ3v) is 3.71. The Hall–Kier alpha value is -2.82. The van der Waals surface area contributed by atoms with Gasteiger partial charge in [0.15, 0.2) is 0 Å². The van der Waals surface area contributed by atoms with E-state index in [4.69, 9.17) is 4.74 Å². The number of aryl methyl sites for hydroxylation is 2. The summed E-state index contributed by atoms with van der Waals surface area (Å²) >= 11 is 0. The predicted octanol–water partition coefficient (Wildman–Crippen LogP) is 3.52. The zero-order chi connectivity index (χ0) is 17.1. The van der Waals surface area contributed by atoms with Gasteiger partial charge in [-0.05, 0) is 68.3 Å². The Morgan fingerprint density at radius 3 is 2.42 bits per heavy atom. The molecule has 0 aromatic heterocycles. The fourth-order valence-electron chi connectivity index (χ4n) is 2.80. The van der Waals surface area contributed by atoms with Crippen LogP contribution in [0.3, 0.4) is 0 Å². The average molecular weight is 323 g/mol. The number of benzene rings is 2. The van der Waals surface area contributed by atoms with Gasteiger partial charge in [-0.15, -0.1) is 0 Å². The molecule has 0 saturated heterocycles. The molecule has 0 unspecified atom stereocenters. The number of rotatable bonds is 4.